The third kappa shape index (κ3) is 8.91. The van der Waals surface area contributed by atoms with Gasteiger partial charge in [0.25, 0.3) is 10.0 Å². The molecule has 2 amide bonds. The zero-order valence-corrected chi connectivity index (χ0v) is 29.7. The van der Waals surface area contributed by atoms with Crippen LogP contribution in [0.4, 0.5) is 5.69 Å². The van der Waals surface area contributed by atoms with E-state index < -0.39 is 28.5 Å². The van der Waals surface area contributed by atoms with E-state index in [0.29, 0.717) is 31.9 Å². The Morgan fingerprint density at radius 1 is 0.812 bits per heavy atom. The van der Waals surface area contributed by atoms with Crippen molar-refractivity contribution in [3.8, 4) is 0 Å². The first-order valence-corrected chi connectivity index (χ1v) is 18.5. The summed E-state index contributed by atoms with van der Waals surface area (Å²) in [5, 5.41) is 4.30. The van der Waals surface area contributed by atoms with Gasteiger partial charge in [-0.05, 0) is 78.9 Å². The van der Waals surface area contributed by atoms with E-state index in [2.05, 4.69) is 5.32 Å². The third-order valence-electron chi connectivity index (χ3n) is 8.60. The molecular weight excluding hydrogens is 689 g/mol. The van der Waals surface area contributed by atoms with Crippen LogP contribution in [0.3, 0.4) is 0 Å². The number of halogens is 3. The van der Waals surface area contributed by atoms with Gasteiger partial charge < -0.3 is 10.2 Å². The monoisotopic (exact) mass is 725 g/mol. The van der Waals surface area contributed by atoms with E-state index in [0.717, 1.165) is 42.0 Å². The highest BCUT2D eigenvalue weighted by molar-refractivity contribution is 7.92. The highest BCUT2D eigenvalue weighted by Gasteiger charge is 2.36. The van der Waals surface area contributed by atoms with E-state index in [1.165, 1.54) is 17.0 Å². The molecule has 4 aromatic carbocycles. The maximum atomic E-state index is 14.7. The van der Waals surface area contributed by atoms with Crippen LogP contribution in [0.2, 0.25) is 15.1 Å². The Morgan fingerprint density at radius 2 is 1.48 bits per heavy atom. The Bertz CT molecular complexity index is 1840. The van der Waals surface area contributed by atoms with Crippen molar-refractivity contribution in [1.29, 1.82) is 0 Å². The summed E-state index contributed by atoms with van der Waals surface area (Å²) in [5.41, 5.74) is 2.37. The number of sulfonamides is 1. The number of hydrogen-bond acceptors (Lipinski definition) is 4. The van der Waals surface area contributed by atoms with Crippen molar-refractivity contribution in [3.63, 3.8) is 0 Å². The van der Waals surface area contributed by atoms with Crippen molar-refractivity contribution in [2.45, 2.75) is 69.0 Å². The molecule has 1 aliphatic carbocycles. The zero-order chi connectivity index (χ0) is 34.3. The molecule has 1 atom stereocenters. The molecule has 0 aromatic heterocycles. The molecule has 7 nitrogen and oxygen atoms in total. The quantitative estimate of drug-likeness (QED) is 0.159. The Labute approximate surface area is 297 Å². The summed E-state index contributed by atoms with van der Waals surface area (Å²) in [6, 6.07) is 26.3. The van der Waals surface area contributed by atoms with Gasteiger partial charge in [-0.2, -0.15) is 0 Å². The molecule has 0 saturated heterocycles. The van der Waals surface area contributed by atoms with E-state index in [1.807, 2.05) is 30.3 Å². The van der Waals surface area contributed by atoms with Crippen LogP contribution in [-0.2, 0) is 32.6 Å². The van der Waals surface area contributed by atoms with E-state index in [9.17, 15) is 18.0 Å². The van der Waals surface area contributed by atoms with Gasteiger partial charge >= 0.3 is 0 Å². The summed E-state index contributed by atoms with van der Waals surface area (Å²) < 4.78 is 29.6. The number of rotatable bonds is 12. The maximum absolute atomic E-state index is 14.7. The van der Waals surface area contributed by atoms with Crippen LogP contribution in [0.25, 0.3) is 0 Å². The van der Waals surface area contributed by atoms with Gasteiger partial charge in [0.2, 0.25) is 11.8 Å². The molecule has 48 heavy (non-hydrogen) atoms. The first kappa shape index (κ1) is 35.7. The van der Waals surface area contributed by atoms with Gasteiger partial charge in [0.15, 0.2) is 0 Å². The first-order valence-electron chi connectivity index (χ1n) is 15.9. The predicted octanol–water partition coefficient (Wildman–Crippen LogP) is 8.24. The molecule has 0 heterocycles. The molecule has 0 unspecified atom stereocenters. The van der Waals surface area contributed by atoms with Crippen LogP contribution >= 0.6 is 34.8 Å². The fourth-order valence-electron chi connectivity index (χ4n) is 6.06. The first-order chi connectivity index (χ1) is 23.0. The number of aryl methyl sites for hydroxylation is 1. The molecule has 1 aliphatic rings. The summed E-state index contributed by atoms with van der Waals surface area (Å²) in [7, 11) is -4.23. The number of nitrogens with zero attached hydrogens (tertiary/aromatic N) is 2. The smallest absolute Gasteiger partial charge is 0.264 e. The van der Waals surface area contributed by atoms with Gasteiger partial charge in [-0.3, -0.25) is 13.9 Å². The van der Waals surface area contributed by atoms with Crippen LogP contribution in [0, 0.1) is 6.92 Å². The Morgan fingerprint density at radius 3 is 2.12 bits per heavy atom. The maximum Gasteiger partial charge on any atom is 0.264 e. The van der Waals surface area contributed by atoms with Gasteiger partial charge in [-0.15, -0.1) is 0 Å². The fourth-order valence-corrected chi connectivity index (χ4v) is 8.11. The molecule has 252 valence electrons. The van der Waals surface area contributed by atoms with Crippen LogP contribution in [0.15, 0.2) is 102 Å². The number of nitrogens with one attached hydrogen (secondary N) is 1. The van der Waals surface area contributed by atoms with Crippen molar-refractivity contribution in [2.24, 2.45) is 0 Å². The highest BCUT2D eigenvalue weighted by Crippen LogP contribution is 2.30. The van der Waals surface area contributed by atoms with Crippen molar-refractivity contribution in [1.82, 2.24) is 10.2 Å². The summed E-state index contributed by atoms with van der Waals surface area (Å²) >= 11 is 18.9. The molecule has 0 bridgehead atoms. The van der Waals surface area contributed by atoms with Crippen LogP contribution in [-0.4, -0.2) is 43.8 Å². The Hall–Kier alpha value is -3.56. The number of benzene rings is 4. The molecule has 4 aromatic rings. The second kappa shape index (κ2) is 16.2. The van der Waals surface area contributed by atoms with Crippen LogP contribution in [0.5, 0.6) is 0 Å². The van der Waals surface area contributed by atoms with Crippen molar-refractivity contribution >= 4 is 62.3 Å². The standard InChI is InChI=1S/C37H38Cl3N3O4S/c1-26-21-29(38)18-20-34(26)43(48(46,47)31-15-9-4-10-16-31)25-36(44)42(24-28-17-19-32(39)33(40)22-28)35(23-27-11-5-2-6-12-27)37(45)41-30-13-7-3-8-14-30/h2,4-6,9-12,15-22,30,35H,3,7-8,13-14,23-25H2,1H3,(H,41,45)/t35-/m1/s1. The van der Waals surface area contributed by atoms with Gasteiger partial charge in [0.05, 0.1) is 20.6 Å². The minimum Gasteiger partial charge on any atom is -0.352 e. The van der Waals surface area contributed by atoms with Gasteiger partial charge in [0, 0.05) is 24.0 Å². The minimum absolute atomic E-state index is 0.00174. The average molecular weight is 727 g/mol. The number of carbonyl (C=O) groups is 2. The number of carbonyl (C=O) groups excluding carboxylic acids is 2. The lowest BCUT2D eigenvalue weighted by Crippen LogP contribution is -2.55. The van der Waals surface area contributed by atoms with Crippen molar-refractivity contribution in [2.75, 3.05) is 10.8 Å². The van der Waals surface area contributed by atoms with Crippen LogP contribution < -0.4 is 9.62 Å². The lowest BCUT2D eigenvalue weighted by molar-refractivity contribution is -0.140. The predicted molar refractivity (Wildman–Crippen MR) is 193 cm³/mol. The zero-order valence-electron chi connectivity index (χ0n) is 26.6. The van der Waals surface area contributed by atoms with E-state index in [-0.39, 0.29) is 29.8 Å². The Balaban J connectivity index is 1.59. The Kier molecular flexibility index (Phi) is 12.1. The SMILES string of the molecule is Cc1cc(Cl)ccc1N(CC(=O)N(Cc1ccc(Cl)c(Cl)c1)[C@H](Cc1ccccc1)C(=O)NC1CCCCC1)S(=O)(=O)c1ccccc1. The summed E-state index contributed by atoms with van der Waals surface area (Å²) in [6.45, 7) is 1.16. The number of amides is 2. The lowest BCUT2D eigenvalue weighted by Gasteiger charge is -2.35. The van der Waals surface area contributed by atoms with Gasteiger partial charge in [-0.1, -0.05) is 109 Å². The molecule has 0 aliphatic heterocycles. The molecule has 1 saturated carbocycles. The molecule has 11 heteroatoms. The molecule has 1 fully saturated rings. The van der Waals surface area contributed by atoms with Gasteiger partial charge in [0.1, 0.15) is 12.6 Å². The summed E-state index contributed by atoms with van der Waals surface area (Å²) in [6.07, 6.45) is 5.11. The van der Waals surface area contributed by atoms with Crippen molar-refractivity contribution in [3.05, 3.63) is 129 Å². The fraction of sp³-hybridized carbons (Fsp3) is 0.297. The van der Waals surface area contributed by atoms with Gasteiger partial charge in [-0.25, -0.2) is 8.42 Å². The molecule has 1 N–H and O–H groups in total. The van der Waals surface area contributed by atoms with Crippen molar-refractivity contribution < 1.29 is 18.0 Å². The van der Waals surface area contributed by atoms with E-state index >= 15 is 0 Å². The number of hydrogen-bond donors (Lipinski definition) is 1. The minimum atomic E-state index is -4.23. The second-order valence-electron chi connectivity index (χ2n) is 12.1. The van der Waals surface area contributed by atoms with E-state index in [1.54, 1.807) is 61.5 Å². The third-order valence-corrected chi connectivity index (χ3v) is 11.3. The lowest BCUT2D eigenvalue weighted by atomic mass is 9.94. The molecular formula is C37H38Cl3N3O4S. The highest BCUT2D eigenvalue weighted by atomic mass is 35.5. The normalized spacial score (nSPS) is 14.2. The van der Waals surface area contributed by atoms with E-state index in [4.69, 9.17) is 34.8 Å². The molecule has 5 rings (SSSR count). The topological polar surface area (TPSA) is 86.8 Å². The molecule has 0 radical (unpaired) electrons. The average Bonchev–Trinajstić information content (AvgIpc) is 3.08. The second-order valence-corrected chi connectivity index (χ2v) is 15.2. The largest absolute Gasteiger partial charge is 0.352 e. The molecule has 0 spiro atoms. The summed E-state index contributed by atoms with van der Waals surface area (Å²) in [4.78, 5) is 30.5. The van der Waals surface area contributed by atoms with Crippen LogP contribution in [0.1, 0.15) is 48.8 Å². The summed E-state index contributed by atoms with van der Waals surface area (Å²) in [5.74, 6) is -0.853. The number of anilines is 1.